The average molecular weight is 958 g/mol. The zero-order chi connectivity index (χ0) is 38.1. The van der Waals surface area contributed by atoms with Crippen LogP contribution in [0.5, 0.6) is 11.5 Å². The molecule has 0 unspecified atom stereocenters. The summed E-state index contributed by atoms with van der Waals surface area (Å²) in [6, 6.07) is 22.5. The van der Waals surface area contributed by atoms with Gasteiger partial charge in [0.05, 0.1) is 19.8 Å². The Kier molecular flexibility index (Phi) is 14.0. The van der Waals surface area contributed by atoms with Crippen molar-refractivity contribution in [2.45, 2.75) is 23.6 Å². The molecule has 0 aromatic heterocycles. The molecule has 6 rings (SSSR count). The number of phenols is 2. The first-order valence-electron chi connectivity index (χ1n) is 14.5. The van der Waals surface area contributed by atoms with Crippen LogP contribution in [0.25, 0.3) is 21.5 Å². The molecule has 0 spiro atoms. The second-order valence-electron chi connectivity index (χ2n) is 10.9. The normalized spacial score (nSPS) is 11.9. The molecule has 53 heavy (non-hydrogen) atoms. The van der Waals surface area contributed by atoms with Crippen LogP contribution in [0.2, 0.25) is 20.1 Å². The van der Waals surface area contributed by atoms with Gasteiger partial charge in [-0.1, -0.05) is 107 Å². The summed E-state index contributed by atoms with van der Waals surface area (Å²) in [7, 11) is -9.77. The molecule has 6 aromatic carbocycles. The summed E-state index contributed by atoms with van der Waals surface area (Å²) < 4.78 is 69.2. The van der Waals surface area contributed by atoms with Gasteiger partial charge in [0.1, 0.15) is 54.5 Å². The van der Waals surface area contributed by atoms with E-state index in [4.69, 9.17) is 46.4 Å². The fourth-order valence-corrected chi connectivity index (χ4v) is 7.34. The fraction of sp³-hybridized carbons (Fsp3) is 0.0588. The van der Waals surface area contributed by atoms with Gasteiger partial charge in [-0.25, -0.2) is 16.8 Å². The summed E-state index contributed by atoms with van der Waals surface area (Å²) in [5.74, 6) is -0.304. The molecule has 12 nitrogen and oxygen atoms in total. The summed E-state index contributed by atoms with van der Waals surface area (Å²) >= 11 is 24.1. The molecule has 0 atom stereocenters. The third-order valence-electron chi connectivity index (χ3n) is 7.57. The molecule has 0 aliphatic heterocycles. The Morgan fingerprint density at radius 1 is 0.528 bits per heavy atom. The van der Waals surface area contributed by atoms with Crippen molar-refractivity contribution in [1.29, 1.82) is 0 Å². The molecule has 0 saturated heterocycles. The Morgan fingerprint density at radius 3 is 1.19 bits per heavy atom. The van der Waals surface area contributed by atoms with Crippen molar-refractivity contribution in [3.63, 3.8) is 0 Å². The van der Waals surface area contributed by atoms with Gasteiger partial charge < -0.3 is 19.3 Å². The first-order chi connectivity index (χ1) is 24.4. The van der Waals surface area contributed by atoms with E-state index in [1.54, 1.807) is 50.2 Å². The third-order valence-corrected chi connectivity index (χ3v) is 11.0. The molecule has 6 aromatic rings. The van der Waals surface area contributed by atoms with Gasteiger partial charge >= 0.3 is 48.9 Å². The molecule has 0 aliphatic carbocycles. The number of hydrogen-bond donors (Lipinski definition) is 2. The van der Waals surface area contributed by atoms with E-state index in [0.717, 1.165) is 22.9 Å². The van der Waals surface area contributed by atoms with Crippen molar-refractivity contribution in [3.8, 4) is 11.5 Å². The second-order valence-corrected chi connectivity index (χ2v) is 15.2. The second kappa shape index (κ2) is 17.3. The summed E-state index contributed by atoms with van der Waals surface area (Å²) in [5.41, 5.74) is 0.322. The van der Waals surface area contributed by atoms with Gasteiger partial charge in [0.2, 0.25) is 0 Å². The number of azo groups is 2. The molecule has 0 fully saturated rings. The first-order valence-corrected chi connectivity index (χ1v) is 18.9. The van der Waals surface area contributed by atoms with E-state index in [1.807, 2.05) is 24.3 Å². The number of benzene rings is 6. The van der Waals surface area contributed by atoms with Crippen molar-refractivity contribution in [2.75, 3.05) is 0 Å². The maximum absolute atomic E-state index is 11.5. The van der Waals surface area contributed by atoms with Gasteiger partial charge in [0, 0.05) is 20.8 Å². The fourth-order valence-electron chi connectivity index (χ4n) is 4.83. The Morgan fingerprint density at radius 2 is 0.849 bits per heavy atom. The van der Waals surface area contributed by atoms with E-state index >= 15 is 0 Å². The average Bonchev–Trinajstić information content (AvgIpc) is 3.09. The number of rotatable bonds is 6. The van der Waals surface area contributed by atoms with Crippen LogP contribution in [-0.2, 0) is 20.2 Å². The van der Waals surface area contributed by atoms with E-state index in [-0.39, 0.29) is 103 Å². The minimum absolute atomic E-state index is 0. The van der Waals surface area contributed by atoms with Gasteiger partial charge in [-0.2, -0.15) is 0 Å². The van der Waals surface area contributed by atoms with Crippen LogP contribution in [0, 0.1) is 13.8 Å². The Bertz CT molecular complexity index is 2510. The predicted molar refractivity (Wildman–Crippen MR) is 204 cm³/mol. The van der Waals surface area contributed by atoms with Gasteiger partial charge in [0.15, 0.2) is 0 Å². The molecule has 0 bridgehead atoms. The topological polar surface area (TPSA) is 204 Å². The van der Waals surface area contributed by atoms with Crippen LogP contribution in [0.1, 0.15) is 11.1 Å². The van der Waals surface area contributed by atoms with Crippen LogP contribution in [0.4, 0.5) is 22.7 Å². The smallest absolute Gasteiger partial charge is 0.744 e. The van der Waals surface area contributed by atoms with Gasteiger partial charge in [0.25, 0.3) is 0 Å². The van der Waals surface area contributed by atoms with E-state index in [9.17, 15) is 36.2 Å². The maximum Gasteiger partial charge on any atom is 2.00 e. The Hall–Kier alpha value is -2.81. The van der Waals surface area contributed by atoms with Crippen molar-refractivity contribution >= 4 is 160 Å². The first kappa shape index (κ1) is 42.9. The van der Waals surface area contributed by atoms with Gasteiger partial charge in [-0.3, -0.25) is 0 Å². The van der Waals surface area contributed by atoms with Crippen LogP contribution >= 0.6 is 46.4 Å². The van der Waals surface area contributed by atoms with E-state index in [2.05, 4.69) is 20.5 Å². The Balaban J connectivity index is 0.000000232. The molecular formula is C34H22BaCl4N4O8S2. The number of fused-ring (bicyclic) bond motifs is 2. The maximum atomic E-state index is 11.5. The SMILES string of the molecule is Cc1c(Cl)cc(S(=O)(=O)[O-])c(N=Nc2c(O)ccc3ccccc23)c1Cl.Cc1c(Cl)cc(S(=O)(=O)[O-])c(N=Nc2c(O)ccc3ccccc23)c1Cl.[Ba+2]. The minimum Gasteiger partial charge on any atom is -0.744 e. The third kappa shape index (κ3) is 9.53. The monoisotopic (exact) mass is 956 g/mol. The minimum atomic E-state index is -4.89. The number of phenolic OH excluding ortho intramolecular Hbond substituents is 2. The molecule has 268 valence electrons. The van der Waals surface area contributed by atoms with E-state index < -0.39 is 30.0 Å². The van der Waals surface area contributed by atoms with Gasteiger partial charge in [-0.05, 0) is 60.0 Å². The summed E-state index contributed by atoms with van der Waals surface area (Å²) in [6.07, 6.45) is 0. The van der Waals surface area contributed by atoms with Crippen LogP contribution in [0.3, 0.4) is 0 Å². The largest absolute Gasteiger partial charge is 2.00 e. The van der Waals surface area contributed by atoms with Crippen molar-refractivity contribution in [1.82, 2.24) is 0 Å². The summed E-state index contributed by atoms with van der Waals surface area (Å²) in [5, 5.41) is 38.5. The number of nitrogens with zero attached hydrogens (tertiary/aromatic N) is 4. The molecule has 0 aliphatic rings. The number of halogens is 4. The summed E-state index contributed by atoms with van der Waals surface area (Å²) in [4.78, 5) is -1.36. The van der Waals surface area contributed by atoms with E-state index in [0.29, 0.717) is 21.9 Å². The van der Waals surface area contributed by atoms with Crippen LogP contribution in [0.15, 0.2) is 115 Å². The molecule has 2 N–H and O–H groups in total. The molecule has 0 radical (unpaired) electrons. The van der Waals surface area contributed by atoms with Crippen LogP contribution < -0.4 is 0 Å². The number of hydrogen-bond acceptors (Lipinski definition) is 12. The van der Waals surface area contributed by atoms with Gasteiger partial charge in [-0.15, -0.1) is 20.5 Å². The predicted octanol–water partition coefficient (Wildman–Crippen LogP) is 10.6. The zero-order valence-electron chi connectivity index (χ0n) is 27.3. The molecule has 0 heterocycles. The quantitative estimate of drug-likeness (QED) is 0.0931. The molecule has 19 heteroatoms. The molecular weight excluding hydrogens is 936 g/mol. The molecule has 0 amide bonds. The number of aromatic hydroxyl groups is 2. The standard InChI is InChI=1S/2C17H12Cl2N2O4S.Ba/c2*1-9-12(18)8-14(26(23,24)25)17(15(9)19)21-20-16-11-5-3-2-4-10(11)6-7-13(16)22;/h2*2-8,22H,1H3,(H,23,24,25);/q;;+2/p-2. The zero-order valence-corrected chi connectivity index (χ0v) is 36.3. The van der Waals surface area contributed by atoms with Crippen molar-refractivity contribution in [2.24, 2.45) is 20.5 Å². The van der Waals surface area contributed by atoms with Crippen LogP contribution in [-0.4, -0.2) is 85.0 Å². The van der Waals surface area contributed by atoms with Crippen molar-refractivity contribution < 1.29 is 36.2 Å². The molecule has 0 saturated carbocycles. The van der Waals surface area contributed by atoms with E-state index in [1.165, 1.54) is 12.1 Å². The Labute approximate surface area is 363 Å². The summed E-state index contributed by atoms with van der Waals surface area (Å²) in [6.45, 7) is 3.11. The van der Waals surface area contributed by atoms with Crippen molar-refractivity contribution in [3.05, 3.63) is 116 Å².